The molecule has 158 valence electrons. The summed E-state index contributed by atoms with van der Waals surface area (Å²) in [6.07, 6.45) is 14.5. The van der Waals surface area contributed by atoms with Crippen LogP contribution < -0.4 is 4.90 Å². The maximum absolute atomic E-state index is 11.5. The van der Waals surface area contributed by atoms with Crippen LogP contribution >= 0.6 is 0 Å². The zero-order valence-corrected chi connectivity index (χ0v) is 18.5. The molecule has 5 nitrogen and oxygen atoms in total. The van der Waals surface area contributed by atoms with Gasteiger partial charge in [0, 0.05) is 31.7 Å². The number of aromatic nitrogens is 2. The third kappa shape index (κ3) is 6.53. The van der Waals surface area contributed by atoms with Gasteiger partial charge in [-0.25, -0.2) is 18.4 Å². The molecule has 1 aliphatic rings. The number of sulfone groups is 1. The molecule has 1 aromatic heterocycles. The first kappa shape index (κ1) is 21.8. The first-order valence-corrected chi connectivity index (χ1v) is 12.7. The molecule has 0 N–H and O–H groups in total. The highest BCUT2D eigenvalue weighted by atomic mass is 32.2. The molecule has 1 saturated heterocycles. The molecule has 0 aliphatic carbocycles. The normalized spacial score (nSPS) is 15.6. The quantitative estimate of drug-likeness (QED) is 0.566. The number of piperidine rings is 1. The average Bonchev–Trinajstić information content (AvgIpc) is 2.72. The van der Waals surface area contributed by atoms with E-state index in [1.807, 2.05) is 24.5 Å². The molecule has 1 aromatic carbocycles. The second-order valence-corrected chi connectivity index (χ2v) is 10.2. The fourth-order valence-corrected chi connectivity index (χ4v) is 4.65. The van der Waals surface area contributed by atoms with E-state index in [9.17, 15) is 8.42 Å². The van der Waals surface area contributed by atoms with Gasteiger partial charge in [-0.3, -0.25) is 0 Å². The number of benzene rings is 1. The molecule has 0 radical (unpaired) electrons. The van der Waals surface area contributed by atoms with E-state index in [-0.39, 0.29) is 0 Å². The van der Waals surface area contributed by atoms with Crippen LogP contribution in [0.3, 0.4) is 0 Å². The third-order valence-electron chi connectivity index (χ3n) is 5.81. The Morgan fingerprint density at radius 1 is 0.966 bits per heavy atom. The molecule has 6 heteroatoms. The van der Waals surface area contributed by atoms with Gasteiger partial charge in [0.25, 0.3) is 0 Å². The Balaban J connectivity index is 1.36. The minimum Gasteiger partial charge on any atom is -0.341 e. The van der Waals surface area contributed by atoms with Crippen molar-refractivity contribution in [3.05, 3.63) is 47.8 Å². The van der Waals surface area contributed by atoms with Crippen LogP contribution in [0.15, 0.2) is 41.6 Å². The van der Waals surface area contributed by atoms with Gasteiger partial charge < -0.3 is 4.90 Å². The van der Waals surface area contributed by atoms with Crippen LogP contribution in [0.5, 0.6) is 0 Å². The molecule has 0 spiro atoms. The van der Waals surface area contributed by atoms with E-state index >= 15 is 0 Å². The van der Waals surface area contributed by atoms with Gasteiger partial charge in [0.2, 0.25) is 5.95 Å². The summed E-state index contributed by atoms with van der Waals surface area (Å²) in [6.45, 7) is 4.27. The number of hydrogen-bond donors (Lipinski definition) is 0. The summed E-state index contributed by atoms with van der Waals surface area (Å²) >= 11 is 0. The summed E-state index contributed by atoms with van der Waals surface area (Å²) in [5.74, 6) is 1.67. The second kappa shape index (κ2) is 10.2. The fraction of sp³-hybridized carbons (Fsp3) is 0.565. The molecule has 1 aliphatic heterocycles. The lowest BCUT2D eigenvalue weighted by Gasteiger charge is -2.32. The van der Waals surface area contributed by atoms with Gasteiger partial charge in [0.15, 0.2) is 9.84 Å². The van der Waals surface area contributed by atoms with Crippen molar-refractivity contribution in [2.45, 2.75) is 63.2 Å². The molecule has 1 fully saturated rings. The molecule has 3 rings (SSSR count). The molecule has 2 heterocycles. The predicted octanol–water partition coefficient (Wildman–Crippen LogP) is 4.46. The Kier molecular flexibility index (Phi) is 7.64. The molecule has 0 bridgehead atoms. The van der Waals surface area contributed by atoms with Crippen molar-refractivity contribution in [2.75, 3.05) is 24.2 Å². The smallest absolute Gasteiger partial charge is 0.225 e. The van der Waals surface area contributed by atoms with Crippen LogP contribution in [0.1, 0.15) is 56.6 Å². The van der Waals surface area contributed by atoms with Gasteiger partial charge in [-0.1, -0.05) is 38.3 Å². The summed E-state index contributed by atoms with van der Waals surface area (Å²) in [5.41, 5.74) is 2.44. The molecular weight excluding hydrogens is 382 g/mol. The highest BCUT2D eigenvalue weighted by molar-refractivity contribution is 7.90. The van der Waals surface area contributed by atoms with Crippen LogP contribution in [0, 0.1) is 5.92 Å². The zero-order chi connectivity index (χ0) is 20.7. The molecule has 0 unspecified atom stereocenters. The average molecular weight is 416 g/mol. The Morgan fingerprint density at radius 2 is 1.62 bits per heavy atom. The number of aryl methyl sites for hydroxylation is 2. The Hall–Kier alpha value is -1.95. The Morgan fingerprint density at radius 3 is 2.21 bits per heavy atom. The van der Waals surface area contributed by atoms with E-state index in [0.717, 1.165) is 50.6 Å². The molecule has 0 amide bonds. The molecule has 29 heavy (non-hydrogen) atoms. The highest BCUT2D eigenvalue weighted by Gasteiger charge is 2.20. The highest BCUT2D eigenvalue weighted by Crippen LogP contribution is 2.25. The van der Waals surface area contributed by atoms with Crippen LogP contribution in [0.2, 0.25) is 0 Å². The number of unbranched alkanes of at least 4 members (excludes halogenated alkanes) is 1. The first-order chi connectivity index (χ1) is 14.0. The minimum absolute atomic E-state index is 0.400. The van der Waals surface area contributed by atoms with Crippen molar-refractivity contribution >= 4 is 15.8 Å². The summed E-state index contributed by atoms with van der Waals surface area (Å²) in [4.78, 5) is 11.8. The summed E-state index contributed by atoms with van der Waals surface area (Å²) in [7, 11) is -3.10. The maximum Gasteiger partial charge on any atom is 0.225 e. The van der Waals surface area contributed by atoms with Crippen molar-refractivity contribution in [3.63, 3.8) is 0 Å². The number of nitrogens with zero attached hydrogens (tertiary/aromatic N) is 3. The van der Waals surface area contributed by atoms with E-state index in [0.29, 0.717) is 4.90 Å². The van der Waals surface area contributed by atoms with E-state index < -0.39 is 9.84 Å². The third-order valence-corrected chi connectivity index (χ3v) is 6.94. The Bertz CT molecular complexity index is 856. The molecular formula is C23H33N3O2S. The first-order valence-electron chi connectivity index (χ1n) is 10.8. The van der Waals surface area contributed by atoms with Crippen molar-refractivity contribution in [1.82, 2.24) is 9.97 Å². The van der Waals surface area contributed by atoms with E-state index in [1.54, 1.807) is 12.1 Å². The Labute approximate surface area is 175 Å². The van der Waals surface area contributed by atoms with Crippen LogP contribution in [0.25, 0.3) is 0 Å². The number of hydrogen-bond acceptors (Lipinski definition) is 5. The van der Waals surface area contributed by atoms with Crippen LogP contribution in [0.4, 0.5) is 5.95 Å². The van der Waals surface area contributed by atoms with Gasteiger partial charge in [-0.15, -0.1) is 0 Å². The van der Waals surface area contributed by atoms with Crippen molar-refractivity contribution in [1.29, 1.82) is 0 Å². The number of rotatable bonds is 9. The van der Waals surface area contributed by atoms with Gasteiger partial charge in [0.05, 0.1) is 4.90 Å². The summed E-state index contributed by atoms with van der Waals surface area (Å²) in [5, 5.41) is 0. The van der Waals surface area contributed by atoms with Crippen LogP contribution in [-0.4, -0.2) is 37.7 Å². The largest absolute Gasteiger partial charge is 0.341 e. The van der Waals surface area contributed by atoms with Gasteiger partial charge >= 0.3 is 0 Å². The van der Waals surface area contributed by atoms with Crippen molar-refractivity contribution < 1.29 is 8.42 Å². The second-order valence-electron chi connectivity index (χ2n) is 8.23. The van der Waals surface area contributed by atoms with E-state index in [1.165, 1.54) is 43.1 Å². The molecule has 0 saturated carbocycles. The van der Waals surface area contributed by atoms with Gasteiger partial charge in [-0.2, -0.15) is 0 Å². The fourth-order valence-electron chi connectivity index (χ4n) is 4.02. The summed E-state index contributed by atoms with van der Waals surface area (Å²) < 4.78 is 23.0. The van der Waals surface area contributed by atoms with Gasteiger partial charge in [0.1, 0.15) is 0 Å². The maximum atomic E-state index is 11.5. The van der Waals surface area contributed by atoms with Gasteiger partial charge in [-0.05, 0) is 61.3 Å². The van der Waals surface area contributed by atoms with Crippen molar-refractivity contribution in [3.8, 4) is 0 Å². The molecule has 0 atom stereocenters. The minimum atomic E-state index is -3.10. The monoisotopic (exact) mass is 415 g/mol. The standard InChI is InChI=1S/C23H33N3O2S/c1-3-6-21-17-24-23(25-18-21)26-15-13-20(14-16-26)8-5-4-7-19-9-11-22(12-10-19)29(2,27)28/h9-12,17-18,20H,3-8,13-16H2,1-2H3. The SMILES string of the molecule is CCCc1cnc(N2CCC(CCCCc3ccc(S(C)(=O)=O)cc3)CC2)nc1. The number of anilines is 1. The lowest BCUT2D eigenvalue weighted by atomic mass is 9.91. The molecule has 2 aromatic rings. The zero-order valence-electron chi connectivity index (χ0n) is 17.7. The topological polar surface area (TPSA) is 63.2 Å². The van der Waals surface area contributed by atoms with E-state index in [4.69, 9.17) is 0 Å². The van der Waals surface area contributed by atoms with Crippen LogP contribution in [-0.2, 0) is 22.7 Å². The van der Waals surface area contributed by atoms with Crippen molar-refractivity contribution in [2.24, 2.45) is 5.92 Å². The lowest BCUT2D eigenvalue weighted by molar-refractivity contribution is 0.367. The predicted molar refractivity (Wildman–Crippen MR) is 118 cm³/mol. The lowest BCUT2D eigenvalue weighted by Crippen LogP contribution is -2.34. The summed E-state index contributed by atoms with van der Waals surface area (Å²) in [6, 6.07) is 7.33. The van der Waals surface area contributed by atoms with E-state index in [2.05, 4.69) is 21.8 Å².